The number of amides is 2. The number of nitrogens with one attached hydrogen (secondary N) is 1. The number of anilines is 2. The molecule has 1 aliphatic carbocycles. The van der Waals surface area contributed by atoms with Crippen molar-refractivity contribution in [2.45, 2.75) is 31.5 Å². The summed E-state index contributed by atoms with van der Waals surface area (Å²) >= 11 is 3.29. The number of carbonyl (C=O) groups is 2. The molecule has 3 N–H and O–H groups in total. The smallest absolute Gasteiger partial charge is 0.248 e. The molecule has 2 amide bonds. The van der Waals surface area contributed by atoms with Crippen molar-refractivity contribution >= 4 is 50.4 Å². The van der Waals surface area contributed by atoms with Gasteiger partial charge in [-0.3, -0.25) is 9.59 Å². The van der Waals surface area contributed by atoms with E-state index in [1.165, 1.54) is 11.0 Å². The molecule has 0 aromatic carbocycles. The topological polar surface area (TPSA) is 132 Å². The number of fused-ring (bicyclic) bond motifs is 2. The summed E-state index contributed by atoms with van der Waals surface area (Å²) in [6.07, 6.45) is 4.48. The highest BCUT2D eigenvalue weighted by atomic mass is 79.9. The van der Waals surface area contributed by atoms with Crippen LogP contribution < -0.4 is 11.1 Å². The summed E-state index contributed by atoms with van der Waals surface area (Å²) in [6.45, 7) is -0.0118. The molecule has 3 aromatic heterocycles. The Labute approximate surface area is 173 Å². The molecule has 4 heterocycles. The summed E-state index contributed by atoms with van der Waals surface area (Å²) < 4.78 is 2.13. The minimum Gasteiger partial charge on any atom is -0.383 e. The molecular formula is C18H17BrN8O2. The van der Waals surface area contributed by atoms with E-state index in [1.54, 1.807) is 29.3 Å². The fourth-order valence-electron chi connectivity index (χ4n) is 3.97. The van der Waals surface area contributed by atoms with Crippen LogP contribution in [0.15, 0.2) is 35.3 Å². The van der Waals surface area contributed by atoms with E-state index in [0.717, 1.165) is 6.42 Å². The number of hydrogen-bond acceptors (Lipinski definition) is 7. The Morgan fingerprint density at radius 2 is 2.14 bits per heavy atom. The molecular weight excluding hydrogens is 440 g/mol. The molecule has 10 nitrogen and oxygen atoms in total. The number of hydrogen-bond donors (Lipinski definition) is 2. The normalized spacial score (nSPS) is 22.5. The van der Waals surface area contributed by atoms with Gasteiger partial charge in [0.15, 0.2) is 5.65 Å². The number of nitrogens with zero attached hydrogens (tertiary/aromatic N) is 6. The summed E-state index contributed by atoms with van der Waals surface area (Å²) in [7, 11) is 0. The molecule has 0 spiro atoms. The molecule has 11 heteroatoms. The first-order chi connectivity index (χ1) is 14.0. The molecule has 3 atom stereocenters. The molecule has 2 fully saturated rings. The summed E-state index contributed by atoms with van der Waals surface area (Å²) in [6, 6.07) is 4.87. The minimum atomic E-state index is -0.520. The second kappa shape index (κ2) is 6.76. The van der Waals surface area contributed by atoms with E-state index >= 15 is 0 Å². The summed E-state index contributed by atoms with van der Waals surface area (Å²) in [5.74, 6) is 0.739. The molecule has 1 saturated heterocycles. The summed E-state index contributed by atoms with van der Waals surface area (Å²) in [4.78, 5) is 40.0. The van der Waals surface area contributed by atoms with Crippen LogP contribution in [0.25, 0.3) is 11.0 Å². The maximum absolute atomic E-state index is 13.1. The Balaban J connectivity index is 1.35. The molecule has 2 aliphatic rings. The van der Waals surface area contributed by atoms with Crippen molar-refractivity contribution in [1.82, 2.24) is 29.6 Å². The van der Waals surface area contributed by atoms with Crippen LogP contribution in [0.2, 0.25) is 0 Å². The number of carbonyl (C=O) groups excluding carboxylic acids is 2. The molecule has 5 rings (SSSR count). The fourth-order valence-corrected chi connectivity index (χ4v) is 4.32. The summed E-state index contributed by atoms with van der Waals surface area (Å²) in [5, 5.41) is 7.64. The number of halogens is 1. The highest BCUT2D eigenvalue weighted by Crippen LogP contribution is 2.48. The molecule has 0 radical (unpaired) electrons. The lowest BCUT2D eigenvalue weighted by atomic mass is 10.1. The van der Waals surface area contributed by atoms with Crippen molar-refractivity contribution in [3.8, 4) is 0 Å². The second-order valence-electron chi connectivity index (χ2n) is 7.25. The predicted octanol–water partition coefficient (Wildman–Crippen LogP) is 1.19. The van der Waals surface area contributed by atoms with E-state index in [2.05, 4.69) is 41.3 Å². The van der Waals surface area contributed by atoms with Gasteiger partial charge in [-0.1, -0.05) is 6.07 Å². The number of aromatic nitrogens is 5. The van der Waals surface area contributed by atoms with Crippen LogP contribution in [-0.4, -0.2) is 53.5 Å². The van der Waals surface area contributed by atoms with E-state index in [1.807, 2.05) is 0 Å². The SMILES string of the molecule is Nc1ncnc2c1cnn2CC(=O)N1C2C[C@@H]2C[C@H]1C(=O)Nc1cccc(Br)n1. The van der Waals surface area contributed by atoms with Gasteiger partial charge in [0, 0.05) is 6.04 Å². The van der Waals surface area contributed by atoms with Crippen LogP contribution >= 0.6 is 15.9 Å². The number of piperidine rings is 1. The number of pyridine rings is 1. The maximum Gasteiger partial charge on any atom is 0.248 e. The third kappa shape index (κ3) is 3.20. The van der Waals surface area contributed by atoms with Gasteiger partial charge in [0.1, 0.15) is 35.2 Å². The Bertz CT molecular complexity index is 1130. The molecule has 148 valence electrons. The van der Waals surface area contributed by atoms with Gasteiger partial charge >= 0.3 is 0 Å². The molecule has 1 saturated carbocycles. The molecule has 0 bridgehead atoms. The first-order valence-corrected chi connectivity index (χ1v) is 9.97. The molecule has 3 aromatic rings. The van der Waals surface area contributed by atoms with Crippen LogP contribution in [0.5, 0.6) is 0 Å². The van der Waals surface area contributed by atoms with Crippen LogP contribution in [0.4, 0.5) is 11.6 Å². The zero-order valence-electron chi connectivity index (χ0n) is 15.2. The van der Waals surface area contributed by atoms with Gasteiger partial charge in [-0.15, -0.1) is 0 Å². The maximum atomic E-state index is 13.1. The van der Waals surface area contributed by atoms with E-state index in [0.29, 0.717) is 39.6 Å². The second-order valence-corrected chi connectivity index (χ2v) is 8.06. The van der Waals surface area contributed by atoms with Crippen molar-refractivity contribution < 1.29 is 9.59 Å². The molecule has 1 unspecified atom stereocenters. The Hall–Kier alpha value is -3.08. The largest absolute Gasteiger partial charge is 0.383 e. The first-order valence-electron chi connectivity index (χ1n) is 9.18. The van der Waals surface area contributed by atoms with Gasteiger partial charge < -0.3 is 16.0 Å². The lowest BCUT2D eigenvalue weighted by Gasteiger charge is -2.26. The minimum absolute atomic E-state index is 0.0118. The van der Waals surface area contributed by atoms with Gasteiger partial charge in [-0.05, 0) is 46.8 Å². The number of nitrogens with two attached hydrogens (primary N) is 1. The summed E-state index contributed by atoms with van der Waals surface area (Å²) in [5.41, 5.74) is 6.33. The van der Waals surface area contributed by atoms with Crippen LogP contribution in [0, 0.1) is 5.92 Å². The van der Waals surface area contributed by atoms with E-state index < -0.39 is 6.04 Å². The molecule has 29 heavy (non-hydrogen) atoms. The Morgan fingerprint density at radius 3 is 2.97 bits per heavy atom. The van der Waals surface area contributed by atoms with Crippen LogP contribution in [0.3, 0.4) is 0 Å². The van der Waals surface area contributed by atoms with E-state index in [-0.39, 0.29) is 24.4 Å². The fraction of sp³-hybridized carbons (Fsp3) is 0.333. The standard InChI is InChI=1S/C18H17BrN8O2/c19-13-2-1-3-14(24-13)25-18(29)12-5-9-4-11(9)27(12)15(28)7-26-17-10(6-23-26)16(20)21-8-22-17/h1-3,6,8-9,11-12H,4-5,7H2,(H2,20,21,22)(H,24,25,29)/t9-,11?,12+/m1/s1. The quantitative estimate of drug-likeness (QED) is 0.563. The monoisotopic (exact) mass is 456 g/mol. The third-order valence-corrected chi connectivity index (χ3v) is 5.85. The predicted molar refractivity (Wildman–Crippen MR) is 107 cm³/mol. The van der Waals surface area contributed by atoms with Crippen molar-refractivity contribution in [1.29, 1.82) is 0 Å². The highest BCUT2D eigenvalue weighted by Gasteiger charge is 2.56. The lowest BCUT2D eigenvalue weighted by Crippen LogP contribution is -2.46. The zero-order chi connectivity index (χ0) is 20.1. The van der Waals surface area contributed by atoms with Gasteiger partial charge in [-0.2, -0.15) is 5.10 Å². The van der Waals surface area contributed by atoms with Crippen molar-refractivity contribution in [3.05, 3.63) is 35.3 Å². The Kier molecular flexibility index (Phi) is 4.19. The van der Waals surface area contributed by atoms with Crippen molar-refractivity contribution in [3.63, 3.8) is 0 Å². The average molecular weight is 457 g/mol. The van der Waals surface area contributed by atoms with Crippen LogP contribution in [0.1, 0.15) is 12.8 Å². The number of rotatable bonds is 4. The Morgan fingerprint density at radius 1 is 1.28 bits per heavy atom. The van der Waals surface area contributed by atoms with E-state index in [4.69, 9.17) is 5.73 Å². The molecule has 1 aliphatic heterocycles. The first kappa shape index (κ1) is 18.0. The number of likely N-dealkylation sites (tertiary alicyclic amines) is 1. The van der Waals surface area contributed by atoms with Crippen LogP contribution in [-0.2, 0) is 16.1 Å². The van der Waals surface area contributed by atoms with Gasteiger partial charge in [-0.25, -0.2) is 19.6 Å². The van der Waals surface area contributed by atoms with Crippen molar-refractivity contribution in [2.75, 3.05) is 11.1 Å². The van der Waals surface area contributed by atoms with Gasteiger partial charge in [0.25, 0.3) is 0 Å². The highest BCUT2D eigenvalue weighted by molar-refractivity contribution is 9.10. The lowest BCUT2D eigenvalue weighted by molar-refractivity contribution is -0.138. The van der Waals surface area contributed by atoms with E-state index in [9.17, 15) is 9.59 Å². The van der Waals surface area contributed by atoms with Gasteiger partial charge in [0.2, 0.25) is 11.8 Å². The third-order valence-electron chi connectivity index (χ3n) is 5.41. The van der Waals surface area contributed by atoms with Gasteiger partial charge in [0.05, 0.1) is 11.6 Å². The average Bonchev–Trinajstić information content (AvgIpc) is 3.15. The number of nitrogen functional groups attached to an aromatic ring is 1. The van der Waals surface area contributed by atoms with Crippen molar-refractivity contribution in [2.24, 2.45) is 5.92 Å². The zero-order valence-corrected chi connectivity index (χ0v) is 16.8.